The fourth-order valence-corrected chi connectivity index (χ4v) is 2.50. The molecule has 1 heterocycles. The molecule has 0 aliphatic carbocycles. The second-order valence-corrected chi connectivity index (χ2v) is 5.05. The van der Waals surface area contributed by atoms with Crippen LogP contribution in [0.15, 0.2) is 40.2 Å². The molecular weight excluding hydrogens is 277 g/mol. The summed E-state index contributed by atoms with van der Waals surface area (Å²) in [6, 6.07) is 8.25. The van der Waals surface area contributed by atoms with E-state index in [1.54, 1.807) is 12.1 Å². The van der Waals surface area contributed by atoms with E-state index in [0.717, 1.165) is 9.35 Å². The fourth-order valence-electron chi connectivity index (χ4n) is 1.37. The summed E-state index contributed by atoms with van der Waals surface area (Å²) < 4.78 is 14.4. The van der Waals surface area contributed by atoms with Crippen LogP contribution in [-0.4, -0.2) is 0 Å². The molecule has 0 spiro atoms. The van der Waals surface area contributed by atoms with Crippen molar-refractivity contribution in [3.05, 3.63) is 56.4 Å². The topological polar surface area (TPSA) is 26.0 Å². The zero-order valence-corrected chi connectivity index (χ0v) is 10.2. The molecule has 1 aromatic carbocycles. The van der Waals surface area contributed by atoms with Crippen LogP contribution < -0.4 is 5.73 Å². The molecule has 1 nitrogen and oxygen atoms in total. The minimum atomic E-state index is -0.387. The Morgan fingerprint density at radius 3 is 2.80 bits per heavy atom. The van der Waals surface area contributed by atoms with Gasteiger partial charge >= 0.3 is 0 Å². The average molecular weight is 286 g/mol. The summed E-state index contributed by atoms with van der Waals surface area (Å²) in [7, 11) is 0. The van der Waals surface area contributed by atoms with E-state index in [1.807, 2.05) is 17.5 Å². The first-order valence-electron chi connectivity index (χ1n) is 4.42. The summed E-state index contributed by atoms with van der Waals surface area (Å²) in [6.45, 7) is 0. The molecule has 2 aromatic rings. The van der Waals surface area contributed by atoms with Crippen molar-refractivity contribution >= 4 is 27.3 Å². The van der Waals surface area contributed by atoms with Crippen LogP contribution in [-0.2, 0) is 0 Å². The molecule has 0 saturated carbocycles. The van der Waals surface area contributed by atoms with E-state index < -0.39 is 0 Å². The minimum absolute atomic E-state index is 0.265. The molecule has 0 aliphatic heterocycles. The van der Waals surface area contributed by atoms with E-state index in [4.69, 9.17) is 5.73 Å². The van der Waals surface area contributed by atoms with Gasteiger partial charge in [0.1, 0.15) is 5.82 Å². The van der Waals surface area contributed by atoms with Crippen molar-refractivity contribution in [1.82, 2.24) is 0 Å². The normalized spacial score (nSPS) is 12.7. The number of nitrogens with two attached hydrogens (primary N) is 1. The lowest BCUT2D eigenvalue weighted by atomic mass is 10.1. The van der Waals surface area contributed by atoms with Gasteiger partial charge in [0.15, 0.2) is 0 Å². The quantitative estimate of drug-likeness (QED) is 0.895. The maximum Gasteiger partial charge on any atom is 0.128 e. The molecule has 4 heteroatoms. The van der Waals surface area contributed by atoms with Gasteiger partial charge in [-0.25, -0.2) is 4.39 Å². The Hall–Kier alpha value is -0.710. The van der Waals surface area contributed by atoms with Gasteiger partial charge in [-0.15, -0.1) is 11.3 Å². The van der Waals surface area contributed by atoms with Gasteiger partial charge in [0.25, 0.3) is 0 Å². The van der Waals surface area contributed by atoms with Crippen LogP contribution in [0, 0.1) is 5.82 Å². The van der Waals surface area contributed by atoms with Crippen molar-refractivity contribution < 1.29 is 4.39 Å². The molecule has 2 N–H and O–H groups in total. The Labute approximate surface area is 99.9 Å². The van der Waals surface area contributed by atoms with Crippen LogP contribution in [0.1, 0.15) is 16.5 Å². The highest BCUT2D eigenvalue weighted by Crippen LogP contribution is 2.27. The van der Waals surface area contributed by atoms with E-state index in [-0.39, 0.29) is 11.9 Å². The summed E-state index contributed by atoms with van der Waals surface area (Å²) in [5.41, 5.74) is 6.50. The lowest BCUT2D eigenvalue weighted by Crippen LogP contribution is -2.12. The van der Waals surface area contributed by atoms with Crippen LogP contribution in [0.2, 0.25) is 0 Å². The maximum absolute atomic E-state index is 13.5. The lowest BCUT2D eigenvalue weighted by molar-refractivity contribution is 0.600. The largest absolute Gasteiger partial charge is 0.320 e. The van der Waals surface area contributed by atoms with Gasteiger partial charge in [-0.2, -0.15) is 0 Å². The Kier molecular flexibility index (Phi) is 3.19. The minimum Gasteiger partial charge on any atom is -0.320 e. The first-order chi connectivity index (χ1) is 7.18. The first-order valence-corrected chi connectivity index (χ1v) is 6.09. The average Bonchev–Trinajstić information content (AvgIpc) is 2.74. The van der Waals surface area contributed by atoms with Crippen LogP contribution >= 0.6 is 27.3 Å². The van der Waals surface area contributed by atoms with Crippen LogP contribution in [0.4, 0.5) is 4.39 Å². The molecule has 78 valence electrons. The second kappa shape index (κ2) is 4.43. The highest BCUT2D eigenvalue weighted by atomic mass is 79.9. The van der Waals surface area contributed by atoms with Crippen molar-refractivity contribution in [2.45, 2.75) is 6.04 Å². The molecule has 15 heavy (non-hydrogen) atoms. The molecule has 0 amide bonds. The molecule has 1 atom stereocenters. The predicted molar refractivity (Wildman–Crippen MR) is 64.4 cm³/mol. The predicted octanol–water partition coefficient (Wildman–Crippen LogP) is 3.70. The third-order valence-corrected chi connectivity index (χ3v) is 3.59. The third kappa shape index (κ3) is 2.27. The summed E-state index contributed by atoms with van der Waals surface area (Å²) in [5.74, 6) is -0.265. The highest BCUT2D eigenvalue weighted by Gasteiger charge is 2.14. The molecule has 0 radical (unpaired) electrons. The Balaban J connectivity index is 2.41. The molecule has 0 fully saturated rings. The number of hydrogen-bond acceptors (Lipinski definition) is 2. The number of benzene rings is 1. The summed E-state index contributed by atoms with van der Waals surface area (Å²) in [5, 5.41) is 1.94. The van der Waals surface area contributed by atoms with Gasteiger partial charge in [-0.05, 0) is 29.6 Å². The number of rotatable bonds is 2. The summed E-state index contributed by atoms with van der Waals surface area (Å²) >= 11 is 4.84. The van der Waals surface area contributed by atoms with Crippen LogP contribution in [0.25, 0.3) is 0 Å². The molecule has 0 bridgehead atoms. The van der Waals surface area contributed by atoms with Crippen molar-refractivity contribution in [3.63, 3.8) is 0 Å². The van der Waals surface area contributed by atoms with E-state index in [1.165, 1.54) is 17.4 Å². The van der Waals surface area contributed by atoms with Crippen molar-refractivity contribution in [3.8, 4) is 0 Å². The number of thiophene rings is 1. The zero-order chi connectivity index (χ0) is 10.8. The lowest BCUT2D eigenvalue weighted by Gasteiger charge is -2.11. The van der Waals surface area contributed by atoms with Gasteiger partial charge in [-0.1, -0.05) is 22.0 Å². The highest BCUT2D eigenvalue weighted by molar-refractivity contribution is 9.10. The van der Waals surface area contributed by atoms with Crippen molar-refractivity contribution in [1.29, 1.82) is 0 Å². The Morgan fingerprint density at radius 1 is 1.33 bits per heavy atom. The number of halogens is 2. The van der Waals surface area contributed by atoms with Gasteiger partial charge in [0, 0.05) is 14.9 Å². The first kappa shape index (κ1) is 10.8. The Bertz CT molecular complexity index is 456. The molecule has 1 aromatic heterocycles. The summed E-state index contributed by atoms with van der Waals surface area (Å²) in [6.07, 6.45) is 0. The zero-order valence-electron chi connectivity index (χ0n) is 7.78. The Morgan fingerprint density at radius 2 is 2.13 bits per heavy atom. The molecule has 2 rings (SSSR count). The molecule has 0 unspecified atom stereocenters. The molecule has 0 saturated heterocycles. The van der Waals surface area contributed by atoms with Crippen LogP contribution in [0.5, 0.6) is 0 Å². The SMILES string of the molecule is N[C@H](c1cccs1)c1cc(Br)ccc1F. The van der Waals surface area contributed by atoms with Gasteiger partial charge in [0.2, 0.25) is 0 Å². The van der Waals surface area contributed by atoms with Gasteiger partial charge in [0.05, 0.1) is 6.04 Å². The van der Waals surface area contributed by atoms with E-state index in [0.29, 0.717) is 5.56 Å². The van der Waals surface area contributed by atoms with Gasteiger partial charge < -0.3 is 5.73 Å². The van der Waals surface area contributed by atoms with Crippen LogP contribution in [0.3, 0.4) is 0 Å². The maximum atomic E-state index is 13.5. The van der Waals surface area contributed by atoms with Crippen molar-refractivity contribution in [2.24, 2.45) is 5.73 Å². The monoisotopic (exact) mass is 285 g/mol. The number of hydrogen-bond donors (Lipinski definition) is 1. The van der Waals surface area contributed by atoms with E-state index in [2.05, 4.69) is 15.9 Å². The van der Waals surface area contributed by atoms with Gasteiger partial charge in [-0.3, -0.25) is 0 Å². The van der Waals surface area contributed by atoms with E-state index in [9.17, 15) is 4.39 Å². The van der Waals surface area contributed by atoms with Crippen molar-refractivity contribution in [2.75, 3.05) is 0 Å². The summed E-state index contributed by atoms with van der Waals surface area (Å²) in [4.78, 5) is 0.965. The fraction of sp³-hybridized carbons (Fsp3) is 0.0909. The van der Waals surface area contributed by atoms with E-state index >= 15 is 0 Å². The standard InChI is InChI=1S/C11H9BrFNS/c12-7-3-4-9(13)8(6-7)11(14)10-2-1-5-15-10/h1-6,11H,14H2/t11-/m0/s1. The molecular formula is C11H9BrFNS. The second-order valence-electron chi connectivity index (χ2n) is 3.16. The smallest absolute Gasteiger partial charge is 0.128 e. The molecule has 0 aliphatic rings. The third-order valence-electron chi connectivity index (χ3n) is 2.14.